The fraction of sp³-hybridized carbons (Fsp3) is 0.688. The smallest absolute Gasteiger partial charge is 0.289 e. The zero-order valence-corrected chi connectivity index (χ0v) is 14.1. The number of nitrogens with zero attached hydrogens (tertiary/aromatic N) is 2. The van der Waals surface area contributed by atoms with Crippen LogP contribution in [0, 0.1) is 0 Å². The van der Waals surface area contributed by atoms with Crippen LogP contribution in [-0.2, 0) is 4.74 Å². The Kier molecular flexibility index (Phi) is 11.6. The van der Waals surface area contributed by atoms with E-state index in [1.54, 1.807) is 19.2 Å². The highest BCUT2D eigenvalue weighted by Crippen LogP contribution is 2.09. The van der Waals surface area contributed by atoms with Gasteiger partial charge in [0.15, 0.2) is 5.76 Å². The maximum absolute atomic E-state index is 12.0. The number of carbonyl (C=O) groups excluding carboxylic acids is 1. The lowest BCUT2D eigenvalue weighted by molar-refractivity contribution is 0.0566. The van der Waals surface area contributed by atoms with Gasteiger partial charge in [0.1, 0.15) is 0 Å². The van der Waals surface area contributed by atoms with Crippen LogP contribution in [0.5, 0.6) is 0 Å². The van der Waals surface area contributed by atoms with E-state index in [0.717, 1.165) is 39.3 Å². The fourth-order valence-corrected chi connectivity index (χ4v) is 1.95. The third-order valence-corrected chi connectivity index (χ3v) is 3.00. The van der Waals surface area contributed by atoms with Crippen molar-refractivity contribution in [1.82, 2.24) is 9.80 Å². The minimum absolute atomic E-state index is 0.0126. The molecule has 0 unspecified atom stereocenters. The molecule has 1 aliphatic heterocycles. The molecule has 0 spiro atoms. The number of furan rings is 1. The topological polar surface area (TPSA) is 45.9 Å². The summed E-state index contributed by atoms with van der Waals surface area (Å²) in [6.07, 6.45) is 1.53. The molecule has 1 saturated heterocycles. The normalized spacial score (nSPS) is 14.6. The predicted molar refractivity (Wildman–Crippen MR) is 85.6 cm³/mol. The highest BCUT2D eigenvalue weighted by molar-refractivity contribution is 5.91. The monoisotopic (exact) mass is 298 g/mol. The van der Waals surface area contributed by atoms with Crippen LogP contribution in [-0.4, -0.2) is 62.1 Å². The molecule has 21 heavy (non-hydrogen) atoms. The van der Waals surface area contributed by atoms with Gasteiger partial charge in [0.05, 0.1) is 12.9 Å². The number of ether oxygens (including phenoxy) is 1. The molecule has 0 aromatic carbocycles. The van der Waals surface area contributed by atoms with Crippen molar-refractivity contribution in [1.29, 1.82) is 0 Å². The molecular formula is C16H30N2O3. The highest BCUT2D eigenvalue weighted by atomic mass is 16.5. The third-order valence-electron chi connectivity index (χ3n) is 3.00. The second kappa shape index (κ2) is 12.4. The maximum atomic E-state index is 12.0. The maximum Gasteiger partial charge on any atom is 0.289 e. The molecule has 122 valence electrons. The lowest BCUT2D eigenvalue weighted by Crippen LogP contribution is -2.49. The molecular weight excluding hydrogens is 268 g/mol. The largest absolute Gasteiger partial charge is 0.459 e. The summed E-state index contributed by atoms with van der Waals surface area (Å²) in [4.78, 5) is 16.1. The number of amides is 1. The molecule has 1 aliphatic rings. The van der Waals surface area contributed by atoms with Gasteiger partial charge in [-0.05, 0) is 12.1 Å². The van der Waals surface area contributed by atoms with Crippen LogP contribution in [0.25, 0.3) is 0 Å². The van der Waals surface area contributed by atoms with Crippen LogP contribution in [0.4, 0.5) is 0 Å². The predicted octanol–water partition coefficient (Wildman–Crippen LogP) is 2.74. The molecule has 0 radical (unpaired) electrons. The first-order valence-electron chi connectivity index (χ1n) is 7.85. The molecule has 1 fully saturated rings. The van der Waals surface area contributed by atoms with Crippen molar-refractivity contribution in [3.8, 4) is 0 Å². The van der Waals surface area contributed by atoms with Crippen LogP contribution < -0.4 is 0 Å². The van der Waals surface area contributed by atoms with Gasteiger partial charge < -0.3 is 14.1 Å². The van der Waals surface area contributed by atoms with Crippen molar-refractivity contribution in [3.05, 3.63) is 24.2 Å². The average Bonchev–Trinajstić information content (AvgIpc) is 3.11. The van der Waals surface area contributed by atoms with Crippen molar-refractivity contribution in [2.45, 2.75) is 27.7 Å². The van der Waals surface area contributed by atoms with Gasteiger partial charge in [0, 0.05) is 39.8 Å². The standard InChI is InChI=1S/C12H18N2O3.2C2H6/c1-16-10-8-13-4-6-14(7-5-13)12(15)11-3-2-9-17-11;2*1-2/h2-3,9H,4-8,10H2,1H3;2*1-2H3. The van der Waals surface area contributed by atoms with Crippen molar-refractivity contribution in [3.63, 3.8) is 0 Å². The van der Waals surface area contributed by atoms with Crippen molar-refractivity contribution in [2.24, 2.45) is 0 Å². The molecule has 0 bridgehead atoms. The number of piperazine rings is 1. The molecule has 5 heteroatoms. The van der Waals surface area contributed by atoms with Crippen molar-refractivity contribution in [2.75, 3.05) is 46.4 Å². The van der Waals surface area contributed by atoms with E-state index in [4.69, 9.17) is 9.15 Å². The van der Waals surface area contributed by atoms with Crippen LogP contribution in [0.1, 0.15) is 38.2 Å². The van der Waals surface area contributed by atoms with E-state index >= 15 is 0 Å². The molecule has 5 nitrogen and oxygen atoms in total. The van der Waals surface area contributed by atoms with Gasteiger partial charge >= 0.3 is 0 Å². The minimum atomic E-state index is -0.0126. The zero-order valence-electron chi connectivity index (χ0n) is 14.1. The summed E-state index contributed by atoms with van der Waals surface area (Å²) in [5.41, 5.74) is 0. The molecule has 0 atom stereocenters. The Morgan fingerprint density at radius 1 is 1.19 bits per heavy atom. The molecule has 0 N–H and O–H groups in total. The van der Waals surface area contributed by atoms with E-state index in [1.165, 1.54) is 6.26 Å². The minimum Gasteiger partial charge on any atom is -0.459 e. The lowest BCUT2D eigenvalue weighted by Gasteiger charge is -2.34. The summed E-state index contributed by atoms with van der Waals surface area (Å²) in [6, 6.07) is 3.45. The summed E-state index contributed by atoms with van der Waals surface area (Å²) >= 11 is 0. The molecule has 1 aromatic rings. The molecule has 2 heterocycles. The van der Waals surface area contributed by atoms with E-state index in [-0.39, 0.29) is 5.91 Å². The Hall–Kier alpha value is -1.33. The Morgan fingerprint density at radius 2 is 1.81 bits per heavy atom. The third kappa shape index (κ3) is 6.78. The summed E-state index contributed by atoms with van der Waals surface area (Å²) in [5.74, 6) is 0.414. The Labute approximate surface area is 128 Å². The van der Waals surface area contributed by atoms with E-state index in [0.29, 0.717) is 5.76 Å². The average molecular weight is 298 g/mol. The summed E-state index contributed by atoms with van der Waals surface area (Å²) in [7, 11) is 1.71. The number of hydrogen-bond donors (Lipinski definition) is 0. The fourth-order valence-electron chi connectivity index (χ4n) is 1.95. The Bertz CT molecular complexity index is 344. The number of carbonyl (C=O) groups is 1. The van der Waals surface area contributed by atoms with Crippen LogP contribution >= 0.6 is 0 Å². The van der Waals surface area contributed by atoms with Crippen molar-refractivity contribution < 1.29 is 13.9 Å². The number of rotatable bonds is 4. The Morgan fingerprint density at radius 3 is 2.29 bits per heavy atom. The first kappa shape index (κ1) is 19.7. The first-order valence-corrected chi connectivity index (χ1v) is 7.85. The van der Waals surface area contributed by atoms with Crippen LogP contribution in [0.2, 0.25) is 0 Å². The van der Waals surface area contributed by atoms with E-state index in [2.05, 4.69) is 4.90 Å². The molecule has 0 saturated carbocycles. The van der Waals surface area contributed by atoms with E-state index < -0.39 is 0 Å². The summed E-state index contributed by atoms with van der Waals surface area (Å²) in [5, 5.41) is 0. The second-order valence-corrected chi connectivity index (χ2v) is 4.10. The van der Waals surface area contributed by atoms with Gasteiger partial charge in [-0.3, -0.25) is 9.69 Å². The van der Waals surface area contributed by atoms with Crippen LogP contribution in [0.15, 0.2) is 22.8 Å². The lowest BCUT2D eigenvalue weighted by atomic mass is 10.3. The first-order chi connectivity index (χ1) is 10.3. The molecule has 1 aromatic heterocycles. The summed E-state index contributed by atoms with van der Waals surface area (Å²) < 4.78 is 10.2. The van der Waals surface area contributed by atoms with E-state index in [1.807, 2.05) is 32.6 Å². The van der Waals surface area contributed by atoms with Gasteiger partial charge in [0.2, 0.25) is 0 Å². The van der Waals surface area contributed by atoms with Crippen LogP contribution in [0.3, 0.4) is 0 Å². The molecule has 1 amide bonds. The van der Waals surface area contributed by atoms with Crippen molar-refractivity contribution >= 4 is 5.91 Å². The molecule has 0 aliphatic carbocycles. The number of methoxy groups -OCH3 is 1. The summed E-state index contributed by atoms with van der Waals surface area (Å²) in [6.45, 7) is 13.0. The van der Waals surface area contributed by atoms with Gasteiger partial charge in [-0.1, -0.05) is 27.7 Å². The van der Waals surface area contributed by atoms with Gasteiger partial charge in [-0.15, -0.1) is 0 Å². The Balaban J connectivity index is 0.000000921. The van der Waals surface area contributed by atoms with Gasteiger partial charge in [-0.2, -0.15) is 0 Å². The number of hydrogen-bond acceptors (Lipinski definition) is 4. The van der Waals surface area contributed by atoms with Gasteiger partial charge in [0.25, 0.3) is 5.91 Å². The quantitative estimate of drug-likeness (QED) is 0.857. The SMILES string of the molecule is CC.CC.COCCN1CCN(C(=O)c2ccco2)CC1. The van der Waals surface area contributed by atoms with Gasteiger partial charge in [-0.25, -0.2) is 0 Å². The highest BCUT2D eigenvalue weighted by Gasteiger charge is 2.23. The molecule has 2 rings (SSSR count). The van der Waals surface area contributed by atoms with E-state index in [9.17, 15) is 4.79 Å². The second-order valence-electron chi connectivity index (χ2n) is 4.10. The zero-order chi connectivity index (χ0) is 16.1.